The van der Waals surface area contributed by atoms with Gasteiger partial charge < -0.3 is 14.5 Å². The topological polar surface area (TPSA) is 67.7 Å². The number of aromatic nitrogens is 2. The van der Waals surface area contributed by atoms with E-state index in [2.05, 4.69) is 5.10 Å². The summed E-state index contributed by atoms with van der Waals surface area (Å²) >= 11 is 0. The van der Waals surface area contributed by atoms with Crippen molar-refractivity contribution in [1.82, 2.24) is 19.6 Å². The fourth-order valence-corrected chi connectivity index (χ4v) is 4.28. The van der Waals surface area contributed by atoms with E-state index in [-0.39, 0.29) is 41.7 Å². The maximum Gasteiger partial charge on any atom is 0.425 e. The molecule has 2 aliphatic rings. The van der Waals surface area contributed by atoms with E-state index >= 15 is 0 Å². The minimum atomic E-state index is -4.62. The Morgan fingerprint density at radius 2 is 1.73 bits per heavy atom. The number of alkyl halides is 3. The SMILES string of the molecule is CC(Oc1ccc(C(=O)N2CCC2)cc1C(=O)N1CCc2nn(-c3ccc(F)cc3)cc2C1)C(F)(F)F. The highest BCUT2D eigenvalue weighted by Crippen LogP contribution is 2.31. The lowest BCUT2D eigenvalue weighted by Crippen LogP contribution is -2.42. The summed E-state index contributed by atoms with van der Waals surface area (Å²) in [6.07, 6.45) is -3.71. The summed E-state index contributed by atoms with van der Waals surface area (Å²) in [5, 5.41) is 4.53. The number of likely N-dealkylation sites (tertiary alicyclic amines) is 1. The molecule has 3 aromatic rings. The fraction of sp³-hybridized carbons (Fsp3) is 0.346. The zero-order valence-corrected chi connectivity index (χ0v) is 20.0. The van der Waals surface area contributed by atoms with Gasteiger partial charge in [-0.15, -0.1) is 0 Å². The zero-order valence-electron chi connectivity index (χ0n) is 20.0. The van der Waals surface area contributed by atoms with Gasteiger partial charge in [0.15, 0.2) is 6.10 Å². The Labute approximate surface area is 210 Å². The summed E-state index contributed by atoms with van der Waals surface area (Å²) in [5.74, 6) is -1.42. The Kier molecular flexibility index (Phi) is 6.38. The van der Waals surface area contributed by atoms with Crippen molar-refractivity contribution in [1.29, 1.82) is 0 Å². The van der Waals surface area contributed by atoms with Crippen molar-refractivity contribution in [3.63, 3.8) is 0 Å². The summed E-state index contributed by atoms with van der Waals surface area (Å²) in [7, 11) is 0. The molecule has 2 aromatic carbocycles. The third kappa shape index (κ3) is 5.03. The zero-order chi connectivity index (χ0) is 26.3. The van der Waals surface area contributed by atoms with Crippen LogP contribution in [0.25, 0.3) is 5.69 Å². The highest BCUT2D eigenvalue weighted by atomic mass is 19.4. The van der Waals surface area contributed by atoms with Crippen LogP contribution in [0.5, 0.6) is 5.75 Å². The van der Waals surface area contributed by atoms with Crippen LogP contribution in [0.1, 0.15) is 45.3 Å². The number of carbonyl (C=O) groups excluding carboxylic acids is 2. The van der Waals surface area contributed by atoms with Crippen LogP contribution in [0.2, 0.25) is 0 Å². The van der Waals surface area contributed by atoms with Crippen LogP contribution in [0.4, 0.5) is 17.6 Å². The van der Waals surface area contributed by atoms with E-state index in [0.29, 0.717) is 25.2 Å². The molecule has 0 spiro atoms. The van der Waals surface area contributed by atoms with Crippen molar-refractivity contribution in [2.45, 2.75) is 38.6 Å². The second kappa shape index (κ2) is 9.53. The number of fused-ring (bicyclic) bond motifs is 1. The van der Waals surface area contributed by atoms with Gasteiger partial charge in [-0.25, -0.2) is 9.07 Å². The molecule has 0 saturated carbocycles. The first kappa shape index (κ1) is 24.8. The van der Waals surface area contributed by atoms with Gasteiger partial charge in [0.25, 0.3) is 11.8 Å². The van der Waals surface area contributed by atoms with Crippen LogP contribution in [-0.2, 0) is 13.0 Å². The number of hydrogen-bond acceptors (Lipinski definition) is 4. The largest absolute Gasteiger partial charge is 0.480 e. The molecule has 0 bridgehead atoms. The summed E-state index contributed by atoms with van der Waals surface area (Å²) in [6.45, 7) is 2.51. The third-order valence-corrected chi connectivity index (χ3v) is 6.60. The molecule has 2 amide bonds. The van der Waals surface area contributed by atoms with Gasteiger partial charge in [-0.3, -0.25) is 9.59 Å². The summed E-state index contributed by atoms with van der Waals surface area (Å²) < 4.78 is 59.7. The second-order valence-electron chi connectivity index (χ2n) is 9.16. The smallest absolute Gasteiger partial charge is 0.425 e. The van der Waals surface area contributed by atoms with Gasteiger partial charge in [0, 0.05) is 49.9 Å². The maximum absolute atomic E-state index is 13.6. The number of nitrogens with zero attached hydrogens (tertiary/aromatic N) is 4. The molecule has 37 heavy (non-hydrogen) atoms. The van der Waals surface area contributed by atoms with Gasteiger partial charge in [0.05, 0.1) is 16.9 Å². The number of halogens is 4. The molecule has 1 unspecified atom stereocenters. The molecule has 0 radical (unpaired) electrons. The Hall–Kier alpha value is -3.89. The molecular formula is C26H24F4N4O3. The molecule has 0 N–H and O–H groups in total. The normalized spacial score (nSPS) is 16.1. The van der Waals surface area contributed by atoms with Crippen LogP contribution in [-0.4, -0.2) is 63.3 Å². The molecule has 5 rings (SSSR count). The average Bonchev–Trinajstić information content (AvgIpc) is 3.26. The van der Waals surface area contributed by atoms with Gasteiger partial charge in [-0.1, -0.05) is 0 Å². The molecule has 194 valence electrons. The number of hydrogen-bond donors (Lipinski definition) is 0. The van der Waals surface area contributed by atoms with Crippen molar-refractivity contribution >= 4 is 11.8 Å². The van der Waals surface area contributed by atoms with Crippen molar-refractivity contribution in [2.75, 3.05) is 19.6 Å². The molecule has 7 nitrogen and oxygen atoms in total. The lowest BCUT2D eigenvalue weighted by atomic mass is 10.0. The van der Waals surface area contributed by atoms with E-state index in [1.807, 2.05) is 0 Å². The maximum atomic E-state index is 13.6. The van der Waals surface area contributed by atoms with Crippen LogP contribution < -0.4 is 4.74 Å². The van der Waals surface area contributed by atoms with Crippen LogP contribution >= 0.6 is 0 Å². The summed E-state index contributed by atoms with van der Waals surface area (Å²) in [6, 6.07) is 9.78. The Morgan fingerprint density at radius 1 is 1.00 bits per heavy atom. The lowest BCUT2D eigenvalue weighted by Gasteiger charge is -2.31. The van der Waals surface area contributed by atoms with Gasteiger partial charge in [-0.05, 0) is 55.8 Å². The monoisotopic (exact) mass is 516 g/mol. The Balaban J connectivity index is 1.42. The van der Waals surface area contributed by atoms with Gasteiger partial charge >= 0.3 is 6.18 Å². The third-order valence-electron chi connectivity index (χ3n) is 6.60. The first-order chi connectivity index (χ1) is 17.6. The predicted octanol–water partition coefficient (Wildman–Crippen LogP) is 4.39. The number of ether oxygens (including phenoxy) is 1. The van der Waals surface area contributed by atoms with E-state index in [4.69, 9.17) is 4.74 Å². The van der Waals surface area contributed by atoms with E-state index in [0.717, 1.165) is 24.6 Å². The van der Waals surface area contributed by atoms with Gasteiger partial charge in [0.1, 0.15) is 11.6 Å². The number of benzene rings is 2. The summed E-state index contributed by atoms with van der Waals surface area (Å²) in [5.41, 5.74) is 2.32. The second-order valence-corrected chi connectivity index (χ2v) is 9.16. The van der Waals surface area contributed by atoms with Crippen molar-refractivity contribution in [3.8, 4) is 11.4 Å². The molecule has 3 heterocycles. The van der Waals surface area contributed by atoms with Crippen LogP contribution in [0, 0.1) is 5.82 Å². The number of carbonyl (C=O) groups is 2. The minimum Gasteiger partial charge on any atom is -0.480 e. The molecular weight excluding hydrogens is 492 g/mol. The Bertz CT molecular complexity index is 1330. The molecule has 11 heteroatoms. The first-order valence-corrected chi connectivity index (χ1v) is 11.9. The molecule has 2 aliphatic heterocycles. The van der Waals surface area contributed by atoms with E-state index in [9.17, 15) is 27.2 Å². The van der Waals surface area contributed by atoms with Crippen LogP contribution in [0.3, 0.4) is 0 Å². The van der Waals surface area contributed by atoms with Crippen molar-refractivity contribution in [2.24, 2.45) is 0 Å². The highest BCUT2D eigenvalue weighted by molar-refractivity contribution is 6.01. The van der Waals surface area contributed by atoms with E-state index in [1.165, 1.54) is 35.2 Å². The molecule has 1 aromatic heterocycles. The van der Waals surface area contributed by atoms with Crippen molar-refractivity contribution < 1.29 is 31.9 Å². The van der Waals surface area contributed by atoms with E-state index in [1.54, 1.807) is 27.9 Å². The van der Waals surface area contributed by atoms with Gasteiger partial charge in [0.2, 0.25) is 0 Å². The number of amides is 2. The molecule has 1 fully saturated rings. The molecule has 1 saturated heterocycles. The minimum absolute atomic E-state index is 0.100. The quantitative estimate of drug-likeness (QED) is 0.472. The van der Waals surface area contributed by atoms with Gasteiger partial charge in [-0.2, -0.15) is 18.3 Å². The Morgan fingerprint density at radius 3 is 2.38 bits per heavy atom. The highest BCUT2D eigenvalue weighted by Gasteiger charge is 2.39. The molecule has 1 atom stereocenters. The lowest BCUT2D eigenvalue weighted by molar-refractivity contribution is -0.189. The van der Waals surface area contributed by atoms with Crippen LogP contribution in [0.15, 0.2) is 48.7 Å². The fourth-order valence-electron chi connectivity index (χ4n) is 4.28. The first-order valence-electron chi connectivity index (χ1n) is 11.9. The number of rotatable bonds is 5. The standard InChI is InChI=1S/C26H24F4N4O3/c1-16(26(28,29)30)37-23-8-3-17(24(35)32-10-2-11-32)13-21(23)25(36)33-12-9-22-18(14-33)15-34(31-22)20-6-4-19(27)5-7-20/h3-8,13,15-16H,2,9-12,14H2,1H3. The average molecular weight is 516 g/mol. The molecule has 0 aliphatic carbocycles. The van der Waals surface area contributed by atoms with Crippen molar-refractivity contribution in [3.05, 3.63) is 76.9 Å². The van der Waals surface area contributed by atoms with E-state index < -0.39 is 18.2 Å². The summed E-state index contributed by atoms with van der Waals surface area (Å²) in [4.78, 5) is 29.4. The predicted molar refractivity (Wildman–Crippen MR) is 125 cm³/mol.